The lowest BCUT2D eigenvalue weighted by molar-refractivity contribution is -0.143. The van der Waals surface area contributed by atoms with Crippen LogP contribution in [0.4, 0.5) is 13.2 Å². The van der Waals surface area contributed by atoms with Crippen LogP contribution >= 0.6 is 0 Å². The summed E-state index contributed by atoms with van der Waals surface area (Å²) in [5.74, 6) is 0.629. The lowest BCUT2D eigenvalue weighted by atomic mass is 9.94. The summed E-state index contributed by atoms with van der Waals surface area (Å²) in [7, 11) is 1.69. The van der Waals surface area contributed by atoms with E-state index in [1.807, 2.05) is 6.92 Å². The number of methoxy groups -OCH3 is 1. The van der Waals surface area contributed by atoms with Crippen LogP contribution in [0.15, 0.2) is 4.99 Å². The van der Waals surface area contributed by atoms with Crippen molar-refractivity contribution < 1.29 is 22.6 Å². The van der Waals surface area contributed by atoms with Gasteiger partial charge in [-0.05, 0) is 13.3 Å². The van der Waals surface area contributed by atoms with E-state index in [0.29, 0.717) is 51.8 Å². The average molecular weight is 366 g/mol. The van der Waals surface area contributed by atoms with E-state index in [0.717, 1.165) is 12.8 Å². The third-order valence-corrected chi connectivity index (χ3v) is 4.72. The Morgan fingerprint density at radius 2 is 2.08 bits per heavy atom. The number of nitrogens with zero attached hydrogens (tertiary/aromatic N) is 2. The molecule has 25 heavy (non-hydrogen) atoms. The largest absolute Gasteiger partial charge is 0.401 e. The Bertz CT molecular complexity index is 440. The van der Waals surface area contributed by atoms with Crippen molar-refractivity contribution in [1.29, 1.82) is 0 Å². The molecule has 0 aromatic carbocycles. The monoisotopic (exact) mass is 366 g/mol. The van der Waals surface area contributed by atoms with Crippen molar-refractivity contribution in [3.05, 3.63) is 0 Å². The van der Waals surface area contributed by atoms with Gasteiger partial charge in [0, 0.05) is 58.8 Å². The molecule has 2 aliphatic rings. The van der Waals surface area contributed by atoms with Crippen LogP contribution in [0, 0.1) is 0 Å². The molecule has 0 bridgehead atoms. The summed E-state index contributed by atoms with van der Waals surface area (Å²) < 4.78 is 48.6. The first kappa shape index (κ1) is 20.3. The highest BCUT2D eigenvalue weighted by Crippen LogP contribution is 2.25. The summed E-state index contributed by atoms with van der Waals surface area (Å²) in [4.78, 5) is 6.04. The number of guanidine groups is 1. The third-order valence-electron chi connectivity index (χ3n) is 4.72. The Hall–Kier alpha value is -1.06. The van der Waals surface area contributed by atoms with Crippen LogP contribution in [0.5, 0.6) is 0 Å². The van der Waals surface area contributed by atoms with Gasteiger partial charge in [-0.3, -0.25) is 9.89 Å². The average Bonchev–Trinajstić information content (AvgIpc) is 2.99. The predicted molar refractivity (Wildman–Crippen MR) is 89.8 cm³/mol. The SMILES string of the molecule is CCNC(=NCC1(OC)CCOCC1)NC1CCN(CC(F)(F)F)C1. The number of likely N-dealkylation sites (tertiary alicyclic amines) is 1. The van der Waals surface area contributed by atoms with Crippen molar-refractivity contribution >= 4 is 5.96 Å². The molecule has 2 fully saturated rings. The van der Waals surface area contributed by atoms with Crippen molar-refractivity contribution in [3.8, 4) is 0 Å². The molecule has 1 unspecified atom stereocenters. The standard InChI is InChI=1S/C16H29F3N4O2/c1-3-20-14(21-11-15(24-2)5-8-25-9-6-15)22-13-4-7-23(10-13)12-16(17,18)19/h13H,3-12H2,1-2H3,(H2,20,21,22). The van der Waals surface area contributed by atoms with Gasteiger partial charge in [-0.25, -0.2) is 0 Å². The molecule has 9 heteroatoms. The predicted octanol–water partition coefficient (Wildman–Crippen LogP) is 1.37. The number of aliphatic imine (C=N–C) groups is 1. The summed E-state index contributed by atoms with van der Waals surface area (Å²) in [5, 5.41) is 6.42. The van der Waals surface area contributed by atoms with Gasteiger partial charge in [-0.15, -0.1) is 0 Å². The maximum Gasteiger partial charge on any atom is 0.401 e. The fourth-order valence-corrected chi connectivity index (χ4v) is 3.25. The van der Waals surface area contributed by atoms with Gasteiger partial charge < -0.3 is 20.1 Å². The number of alkyl halides is 3. The van der Waals surface area contributed by atoms with Crippen molar-refractivity contribution in [2.24, 2.45) is 4.99 Å². The summed E-state index contributed by atoms with van der Waals surface area (Å²) in [6, 6.07) is -0.0339. The Labute approximate surface area is 147 Å². The highest BCUT2D eigenvalue weighted by atomic mass is 19.4. The number of nitrogens with one attached hydrogen (secondary N) is 2. The van der Waals surface area contributed by atoms with E-state index < -0.39 is 12.7 Å². The van der Waals surface area contributed by atoms with Gasteiger partial charge in [0.15, 0.2) is 5.96 Å². The fraction of sp³-hybridized carbons (Fsp3) is 0.938. The molecule has 0 amide bonds. The van der Waals surface area contributed by atoms with Crippen LogP contribution < -0.4 is 10.6 Å². The van der Waals surface area contributed by atoms with Gasteiger partial charge in [0.1, 0.15) is 0 Å². The molecule has 6 nitrogen and oxygen atoms in total. The lowest BCUT2D eigenvalue weighted by Crippen LogP contribution is -2.47. The van der Waals surface area contributed by atoms with Crippen LogP contribution in [0.25, 0.3) is 0 Å². The van der Waals surface area contributed by atoms with Crippen molar-refractivity contribution in [2.45, 2.75) is 44.0 Å². The lowest BCUT2D eigenvalue weighted by Gasteiger charge is -2.34. The van der Waals surface area contributed by atoms with Gasteiger partial charge >= 0.3 is 6.18 Å². The fourth-order valence-electron chi connectivity index (χ4n) is 3.25. The maximum atomic E-state index is 12.5. The van der Waals surface area contributed by atoms with E-state index in [1.165, 1.54) is 4.90 Å². The zero-order valence-corrected chi connectivity index (χ0v) is 15.0. The van der Waals surface area contributed by atoms with Crippen LogP contribution in [-0.4, -0.2) is 81.7 Å². The van der Waals surface area contributed by atoms with E-state index in [1.54, 1.807) is 7.11 Å². The van der Waals surface area contributed by atoms with Gasteiger partial charge in [0.25, 0.3) is 0 Å². The molecule has 0 aliphatic carbocycles. The van der Waals surface area contributed by atoms with E-state index in [-0.39, 0.29) is 11.6 Å². The molecule has 2 aliphatic heterocycles. The Morgan fingerprint density at radius 3 is 2.68 bits per heavy atom. The Kier molecular flexibility index (Phi) is 7.33. The second kappa shape index (κ2) is 9.05. The van der Waals surface area contributed by atoms with Gasteiger partial charge in [0.05, 0.1) is 18.7 Å². The second-order valence-corrected chi connectivity index (χ2v) is 6.67. The highest BCUT2D eigenvalue weighted by molar-refractivity contribution is 5.80. The molecule has 2 saturated heterocycles. The molecular formula is C16H29F3N4O2. The number of hydrogen-bond acceptors (Lipinski definition) is 4. The second-order valence-electron chi connectivity index (χ2n) is 6.67. The minimum atomic E-state index is -4.15. The third kappa shape index (κ3) is 6.63. The van der Waals surface area contributed by atoms with Crippen LogP contribution in [0.3, 0.4) is 0 Å². The highest BCUT2D eigenvalue weighted by Gasteiger charge is 2.35. The first-order valence-electron chi connectivity index (χ1n) is 8.83. The normalized spacial score (nSPS) is 25.2. The molecule has 2 N–H and O–H groups in total. The smallest absolute Gasteiger partial charge is 0.381 e. The molecule has 2 rings (SSSR count). The Morgan fingerprint density at radius 1 is 1.36 bits per heavy atom. The number of rotatable bonds is 6. The summed E-state index contributed by atoms with van der Waals surface area (Å²) >= 11 is 0. The zero-order valence-electron chi connectivity index (χ0n) is 15.0. The van der Waals surface area contributed by atoms with E-state index in [2.05, 4.69) is 15.6 Å². The topological polar surface area (TPSA) is 58.1 Å². The van der Waals surface area contributed by atoms with Gasteiger partial charge in [-0.2, -0.15) is 13.2 Å². The zero-order chi connectivity index (χ0) is 18.3. The molecule has 146 valence electrons. The van der Waals surface area contributed by atoms with Crippen molar-refractivity contribution in [1.82, 2.24) is 15.5 Å². The number of halogens is 3. The minimum absolute atomic E-state index is 0.0339. The molecular weight excluding hydrogens is 337 g/mol. The molecule has 2 heterocycles. The maximum absolute atomic E-state index is 12.5. The molecule has 0 aromatic rings. The summed E-state index contributed by atoms with van der Waals surface area (Å²) in [6.45, 7) is 4.41. The van der Waals surface area contributed by atoms with Gasteiger partial charge in [-0.1, -0.05) is 0 Å². The van der Waals surface area contributed by atoms with Crippen LogP contribution in [0.2, 0.25) is 0 Å². The molecule has 0 aromatic heterocycles. The molecule has 0 spiro atoms. The summed E-state index contributed by atoms with van der Waals surface area (Å²) in [5.41, 5.74) is -0.321. The van der Waals surface area contributed by atoms with Crippen molar-refractivity contribution in [2.75, 3.05) is 53.0 Å². The van der Waals surface area contributed by atoms with Crippen molar-refractivity contribution in [3.63, 3.8) is 0 Å². The quantitative estimate of drug-likeness (QED) is 0.549. The van der Waals surface area contributed by atoms with Crippen LogP contribution in [-0.2, 0) is 9.47 Å². The minimum Gasteiger partial charge on any atom is -0.381 e. The Balaban J connectivity index is 1.89. The number of hydrogen-bond donors (Lipinski definition) is 2. The molecule has 1 atom stereocenters. The van der Waals surface area contributed by atoms with Crippen LogP contribution in [0.1, 0.15) is 26.2 Å². The summed E-state index contributed by atoms with van der Waals surface area (Å²) in [6.07, 6.45) is -1.91. The molecule has 0 saturated carbocycles. The van der Waals surface area contributed by atoms with E-state index in [9.17, 15) is 13.2 Å². The molecule has 0 radical (unpaired) electrons. The van der Waals surface area contributed by atoms with E-state index in [4.69, 9.17) is 9.47 Å². The first-order chi connectivity index (χ1) is 11.9. The number of ether oxygens (including phenoxy) is 2. The van der Waals surface area contributed by atoms with Gasteiger partial charge in [0.2, 0.25) is 0 Å². The first-order valence-corrected chi connectivity index (χ1v) is 8.83. The van der Waals surface area contributed by atoms with E-state index >= 15 is 0 Å².